The van der Waals surface area contributed by atoms with E-state index < -0.39 is 4.92 Å². The summed E-state index contributed by atoms with van der Waals surface area (Å²) in [5.41, 5.74) is 3.58. The Hall–Kier alpha value is -3.26. The van der Waals surface area contributed by atoms with Gasteiger partial charge in [0, 0.05) is 26.0 Å². The van der Waals surface area contributed by atoms with Gasteiger partial charge in [-0.25, -0.2) is 15.0 Å². The van der Waals surface area contributed by atoms with E-state index in [4.69, 9.17) is 0 Å². The number of benzene rings is 2. The standard InChI is InChI=1S/C18H20N6O2/c1-4-23(15-11-7-9-13-8-5-6-10-14(13)15)18-16(24(25)26)17(19-12-20-18)21-22(2)3/h5-12H,4H2,1-3H3,(H,19,20,21). The summed E-state index contributed by atoms with van der Waals surface area (Å²) in [5, 5.41) is 15.5. The Morgan fingerprint density at radius 3 is 2.54 bits per heavy atom. The number of anilines is 3. The molecule has 8 nitrogen and oxygen atoms in total. The Morgan fingerprint density at radius 1 is 1.12 bits per heavy atom. The maximum atomic E-state index is 11.8. The van der Waals surface area contributed by atoms with E-state index in [1.165, 1.54) is 6.33 Å². The van der Waals surface area contributed by atoms with Gasteiger partial charge in [-0.2, -0.15) is 0 Å². The van der Waals surface area contributed by atoms with Crippen molar-refractivity contribution in [3.8, 4) is 0 Å². The molecule has 0 saturated carbocycles. The van der Waals surface area contributed by atoms with Gasteiger partial charge < -0.3 is 4.90 Å². The number of aromatic nitrogens is 2. The zero-order chi connectivity index (χ0) is 18.7. The molecule has 0 amide bonds. The molecule has 8 heteroatoms. The van der Waals surface area contributed by atoms with E-state index >= 15 is 0 Å². The first-order valence-electron chi connectivity index (χ1n) is 8.21. The first kappa shape index (κ1) is 17.6. The van der Waals surface area contributed by atoms with Crippen molar-refractivity contribution in [3.63, 3.8) is 0 Å². The van der Waals surface area contributed by atoms with Crippen LogP contribution in [0.15, 0.2) is 48.8 Å². The third kappa shape index (κ3) is 3.27. The second-order valence-corrected chi connectivity index (χ2v) is 5.90. The molecule has 1 aromatic heterocycles. The normalized spacial score (nSPS) is 10.9. The van der Waals surface area contributed by atoms with Crippen LogP contribution in [0.5, 0.6) is 0 Å². The third-order valence-electron chi connectivity index (χ3n) is 3.94. The number of hydrogen-bond acceptors (Lipinski definition) is 7. The first-order chi connectivity index (χ1) is 12.5. The highest BCUT2D eigenvalue weighted by Gasteiger charge is 2.28. The van der Waals surface area contributed by atoms with Crippen LogP contribution in [0.4, 0.5) is 23.0 Å². The summed E-state index contributed by atoms with van der Waals surface area (Å²) >= 11 is 0. The molecule has 0 aliphatic rings. The lowest BCUT2D eigenvalue weighted by atomic mass is 10.1. The molecule has 26 heavy (non-hydrogen) atoms. The molecular weight excluding hydrogens is 332 g/mol. The second-order valence-electron chi connectivity index (χ2n) is 5.90. The lowest BCUT2D eigenvalue weighted by molar-refractivity contribution is -0.383. The molecule has 1 heterocycles. The predicted octanol–water partition coefficient (Wildman–Crippen LogP) is 3.58. The number of rotatable bonds is 6. The van der Waals surface area contributed by atoms with Crippen molar-refractivity contribution in [3.05, 3.63) is 58.9 Å². The van der Waals surface area contributed by atoms with E-state index in [1.807, 2.05) is 54.3 Å². The second kappa shape index (κ2) is 7.32. The van der Waals surface area contributed by atoms with E-state index in [2.05, 4.69) is 15.4 Å². The Morgan fingerprint density at radius 2 is 1.85 bits per heavy atom. The van der Waals surface area contributed by atoms with Crippen molar-refractivity contribution in [2.24, 2.45) is 0 Å². The van der Waals surface area contributed by atoms with Gasteiger partial charge in [0.1, 0.15) is 6.33 Å². The fraction of sp³-hybridized carbons (Fsp3) is 0.222. The maximum absolute atomic E-state index is 11.8. The van der Waals surface area contributed by atoms with Gasteiger partial charge >= 0.3 is 5.69 Å². The minimum Gasteiger partial charge on any atom is -0.320 e. The molecule has 0 aliphatic heterocycles. The van der Waals surface area contributed by atoms with Crippen molar-refractivity contribution in [2.75, 3.05) is 31.0 Å². The highest BCUT2D eigenvalue weighted by molar-refractivity contribution is 5.96. The van der Waals surface area contributed by atoms with Crippen LogP contribution in [0.1, 0.15) is 6.92 Å². The van der Waals surface area contributed by atoms with E-state index in [0.717, 1.165) is 16.5 Å². The molecule has 134 valence electrons. The van der Waals surface area contributed by atoms with Gasteiger partial charge in [0.25, 0.3) is 0 Å². The highest BCUT2D eigenvalue weighted by atomic mass is 16.6. The Balaban J connectivity index is 2.21. The Bertz CT molecular complexity index is 939. The number of nitrogens with one attached hydrogen (secondary N) is 1. The molecule has 0 spiro atoms. The third-order valence-corrected chi connectivity index (χ3v) is 3.94. The number of hydrogen-bond donors (Lipinski definition) is 1. The van der Waals surface area contributed by atoms with Crippen molar-refractivity contribution in [1.82, 2.24) is 15.0 Å². The highest BCUT2D eigenvalue weighted by Crippen LogP contribution is 2.38. The summed E-state index contributed by atoms with van der Waals surface area (Å²) in [6.45, 7) is 2.46. The fourth-order valence-corrected chi connectivity index (χ4v) is 2.91. The van der Waals surface area contributed by atoms with Crippen molar-refractivity contribution < 1.29 is 4.92 Å². The summed E-state index contributed by atoms with van der Waals surface area (Å²) in [6, 6.07) is 13.8. The van der Waals surface area contributed by atoms with E-state index in [1.54, 1.807) is 19.1 Å². The summed E-state index contributed by atoms with van der Waals surface area (Å²) in [4.78, 5) is 21.4. The van der Waals surface area contributed by atoms with E-state index in [-0.39, 0.29) is 17.3 Å². The van der Waals surface area contributed by atoms with Gasteiger partial charge in [0.05, 0.1) is 10.6 Å². The molecule has 0 radical (unpaired) electrons. The fourth-order valence-electron chi connectivity index (χ4n) is 2.91. The lowest BCUT2D eigenvalue weighted by Gasteiger charge is -2.24. The molecule has 3 aromatic rings. The average Bonchev–Trinajstić information content (AvgIpc) is 2.62. The number of hydrazine groups is 1. The van der Waals surface area contributed by atoms with Crippen LogP contribution in [0.2, 0.25) is 0 Å². The first-order valence-corrected chi connectivity index (χ1v) is 8.21. The van der Waals surface area contributed by atoms with E-state index in [9.17, 15) is 10.1 Å². The molecule has 1 N–H and O–H groups in total. The van der Waals surface area contributed by atoms with Gasteiger partial charge in [-0.1, -0.05) is 36.4 Å². The minimum atomic E-state index is -0.449. The van der Waals surface area contributed by atoms with Crippen LogP contribution in [0.25, 0.3) is 10.8 Å². The monoisotopic (exact) mass is 352 g/mol. The van der Waals surface area contributed by atoms with Gasteiger partial charge in [-0.05, 0) is 18.4 Å². The summed E-state index contributed by atoms with van der Waals surface area (Å²) < 4.78 is 0. The van der Waals surface area contributed by atoms with Crippen molar-refractivity contribution in [2.45, 2.75) is 6.92 Å². The summed E-state index contributed by atoms with van der Waals surface area (Å²) in [5.74, 6) is 0.414. The topological polar surface area (TPSA) is 87.4 Å². The van der Waals surface area contributed by atoms with Crippen LogP contribution in [-0.2, 0) is 0 Å². The maximum Gasteiger partial charge on any atom is 0.355 e. The van der Waals surface area contributed by atoms with Crippen molar-refractivity contribution >= 4 is 33.8 Å². The largest absolute Gasteiger partial charge is 0.355 e. The Kier molecular flexibility index (Phi) is 4.94. The van der Waals surface area contributed by atoms with Crippen LogP contribution >= 0.6 is 0 Å². The van der Waals surface area contributed by atoms with Crippen LogP contribution in [0, 0.1) is 10.1 Å². The molecule has 0 fully saturated rings. The smallest absolute Gasteiger partial charge is 0.320 e. The van der Waals surface area contributed by atoms with Crippen LogP contribution < -0.4 is 10.3 Å². The van der Waals surface area contributed by atoms with Gasteiger partial charge in [0.2, 0.25) is 11.6 Å². The quantitative estimate of drug-likeness (QED) is 0.536. The van der Waals surface area contributed by atoms with Gasteiger partial charge in [-0.15, -0.1) is 0 Å². The predicted molar refractivity (Wildman–Crippen MR) is 103 cm³/mol. The SMILES string of the molecule is CCN(c1ncnc(NN(C)C)c1[N+](=O)[O-])c1cccc2ccccc12. The Labute approximate surface area is 151 Å². The zero-order valence-corrected chi connectivity index (χ0v) is 14.9. The van der Waals surface area contributed by atoms with E-state index in [0.29, 0.717) is 6.54 Å². The summed E-state index contributed by atoms with van der Waals surface area (Å²) in [7, 11) is 3.49. The molecule has 0 aliphatic carbocycles. The van der Waals surface area contributed by atoms with Gasteiger partial charge in [0.15, 0.2) is 0 Å². The zero-order valence-electron chi connectivity index (χ0n) is 14.9. The van der Waals surface area contributed by atoms with Crippen LogP contribution in [0.3, 0.4) is 0 Å². The molecule has 0 atom stereocenters. The molecular formula is C18H20N6O2. The average molecular weight is 352 g/mol. The number of nitrogens with zero attached hydrogens (tertiary/aromatic N) is 5. The molecule has 2 aromatic carbocycles. The molecule has 0 saturated heterocycles. The van der Waals surface area contributed by atoms with Crippen LogP contribution in [-0.4, -0.2) is 40.5 Å². The molecule has 3 rings (SSSR count). The molecule has 0 bridgehead atoms. The number of fused-ring (bicyclic) bond motifs is 1. The number of nitro groups is 1. The van der Waals surface area contributed by atoms with Crippen molar-refractivity contribution in [1.29, 1.82) is 0 Å². The van der Waals surface area contributed by atoms with Gasteiger partial charge in [-0.3, -0.25) is 15.5 Å². The lowest BCUT2D eigenvalue weighted by Crippen LogP contribution is -2.24. The molecule has 0 unspecified atom stereocenters. The minimum absolute atomic E-state index is 0.156. The summed E-state index contributed by atoms with van der Waals surface area (Å²) in [6.07, 6.45) is 1.34.